The van der Waals surface area contributed by atoms with Crippen LogP contribution >= 0.6 is 39.1 Å². The Morgan fingerprint density at radius 1 is 1.23 bits per heavy atom. The van der Waals surface area contributed by atoms with Crippen molar-refractivity contribution in [2.24, 2.45) is 0 Å². The fourth-order valence-electron chi connectivity index (χ4n) is 1.68. The molecule has 110 valence electrons. The van der Waals surface area contributed by atoms with E-state index in [0.29, 0.717) is 15.7 Å². The molecule has 2 aromatic rings. The standard InChI is InChI=1S/C16H9BrCl2N2O/c17-13-4-2-1-3-10(13)7-11(9-20)16(22)21-15-8-12(18)5-6-14(15)19/h1-8H,(H,21,22). The molecule has 0 atom stereocenters. The number of amides is 1. The fourth-order valence-corrected chi connectivity index (χ4v) is 2.42. The highest BCUT2D eigenvalue weighted by molar-refractivity contribution is 9.10. The van der Waals surface area contributed by atoms with Crippen LogP contribution < -0.4 is 5.32 Å². The van der Waals surface area contributed by atoms with Crippen LogP contribution in [0.2, 0.25) is 10.0 Å². The first-order valence-electron chi connectivity index (χ1n) is 6.14. The summed E-state index contributed by atoms with van der Waals surface area (Å²) in [7, 11) is 0. The number of carbonyl (C=O) groups excluding carboxylic acids is 1. The molecule has 3 nitrogen and oxygen atoms in total. The molecule has 0 aliphatic heterocycles. The molecule has 0 aliphatic carbocycles. The molecule has 0 saturated carbocycles. The zero-order valence-corrected chi connectivity index (χ0v) is 14.2. The Morgan fingerprint density at radius 2 is 1.95 bits per heavy atom. The highest BCUT2D eigenvalue weighted by atomic mass is 79.9. The van der Waals surface area contributed by atoms with Crippen LogP contribution in [0.25, 0.3) is 6.08 Å². The molecule has 2 aromatic carbocycles. The zero-order chi connectivity index (χ0) is 16.1. The normalized spacial score (nSPS) is 10.9. The third-order valence-electron chi connectivity index (χ3n) is 2.75. The molecule has 22 heavy (non-hydrogen) atoms. The Labute approximate surface area is 146 Å². The predicted molar refractivity (Wildman–Crippen MR) is 92.8 cm³/mol. The molecule has 0 spiro atoms. The molecule has 0 aromatic heterocycles. The summed E-state index contributed by atoms with van der Waals surface area (Å²) in [6.45, 7) is 0. The minimum Gasteiger partial charge on any atom is -0.320 e. The van der Waals surface area contributed by atoms with Crippen LogP contribution in [0.3, 0.4) is 0 Å². The van der Waals surface area contributed by atoms with Gasteiger partial charge in [-0.05, 0) is 35.9 Å². The smallest absolute Gasteiger partial charge is 0.266 e. The van der Waals surface area contributed by atoms with Crippen molar-refractivity contribution in [3.05, 3.63) is 68.1 Å². The Hall–Kier alpha value is -1.80. The van der Waals surface area contributed by atoms with Gasteiger partial charge in [0.2, 0.25) is 0 Å². The van der Waals surface area contributed by atoms with Gasteiger partial charge in [-0.1, -0.05) is 57.3 Å². The lowest BCUT2D eigenvalue weighted by Crippen LogP contribution is -2.13. The largest absolute Gasteiger partial charge is 0.320 e. The average Bonchev–Trinajstić information content (AvgIpc) is 2.50. The van der Waals surface area contributed by atoms with Gasteiger partial charge in [-0.2, -0.15) is 5.26 Å². The summed E-state index contributed by atoms with van der Waals surface area (Å²) in [6.07, 6.45) is 1.50. The summed E-state index contributed by atoms with van der Waals surface area (Å²) in [4.78, 5) is 12.2. The van der Waals surface area contributed by atoms with E-state index in [4.69, 9.17) is 23.2 Å². The summed E-state index contributed by atoms with van der Waals surface area (Å²) in [6, 6.07) is 13.9. The Balaban J connectivity index is 2.29. The molecule has 0 heterocycles. The van der Waals surface area contributed by atoms with Crippen molar-refractivity contribution in [3.8, 4) is 6.07 Å². The second-order valence-electron chi connectivity index (χ2n) is 4.27. The quantitative estimate of drug-likeness (QED) is 0.566. The lowest BCUT2D eigenvalue weighted by atomic mass is 10.1. The van der Waals surface area contributed by atoms with Gasteiger partial charge in [-0.25, -0.2) is 0 Å². The molecule has 0 fully saturated rings. The molecule has 0 bridgehead atoms. The van der Waals surface area contributed by atoms with Crippen LogP contribution in [0, 0.1) is 11.3 Å². The maximum atomic E-state index is 12.2. The second kappa shape index (κ2) is 7.46. The van der Waals surface area contributed by atoms with Gasteiger partial charge in [0.05, 0.1) is 10.7 Å². The highest BCUT2D eigenvalue weighted by Crippen LogP contribution is 2.26. The van der Waals surface area contributed by atoms with Gasteiger partial charge in [-0.3, -0.25) is 4.79 Å². The second-order valence-corrected chi connectivity index (χ2v) is 5.97. The Bertz CT molecular complexity index is 797. The van der Waals surface area contributed by atoms with Gasteiger partial charge in [0, 0.05) is 9.50 Å². The van der Waals surface area contributed by atoms with Gasteiger partial charge in [0.25, 0.3) is 5.91 Å². The number of halogens is 3. The van der Waals surface area contributed by atoms with Gasteiger partial charge in [0.1, 0.15) is 11.6 Å². The number of nitrogens with one attached hydrogen (secondary N) is 1. The van der Waals surface area contributed by atoms with Crippen molar-refractivity contribution >= 4 is 56.8 Å². The van der Waals surface area contributed by atoms with Crippen LogP contribution in [0.1, 0.15) is 5.56 Å². The lowest BCUT2D eigenvalue weighted by Gasteiger charge is -2.07. The number of hydrogen-bond acceptors (Lipinski definition) is 2. The van der Waals surface area contributed by atoms with Gasteiger partial charge in [-0.15, -0.1) is 0 Å². The number of anilines is 1. The van der Waals surface area contributed by atoms with E-state index in [0.717, 1.165) is 10.0 Å². The highest BCUT2D eigenvalue weighted by Gasteiger charge is 2.12. The topological polar surface area (TPSA) is 52.9 Å². The van der Waals surface area contributed by atoms with Crippen LogP contribution in [-0.2, 0) is 4.79 Å². The van der Waals surface area contributed by atoms with E-state index in [2.05, 4.69) is 21.2 Å². The number of benzene rings is 2. The molecule has 0 aliphatic rings. The summed E-state index contributed by atoms with van der Waals surface area (Å²) in [5, 5.41) is 12.6. The number of nitriles is 1. The first-order chi connectivity index (χ1) is 10.5. The molecule has 0 unspecified atom stereocenters. The van der Waals surface area contributed by atoms with Gasteiger partial charge in [0.15, 0.2) is 0 Å². The first kappa shape index (κ1) is 16.6. The number of hydrogen-bond donors (Lipinski definition) is 1. The molecule has 2 rings (SSSR count). The van der Waals surface area contributed by atoms with Crippen molar-refractivity contribution in [1.29, 1.82) is 5.26 Å². The minimum absolute atomic E-state index is 0.0389. The van der Waals surface area contributed by atoms with E-state index in [1.807, 2.05) is 24.3 Å². The van der Waals surface area contributed by atoms with E-state index in [1.54, 1.807) is 18.2 Å². The van der Waals surface area contributed by atoms with Gasteiger partial charge < -0.3 is 5.32 Å². The van der Waals surface area contributed by atoms with Crippen molar-refractivity contribution in [2.45, 2.75) is 0 Å². The number of rotatable bonds is 3. The van der Waals surface area contributed by atoms with E-state index in [-0.39, 0.29) is 5.57 Å². The van der Waals surface area contributed by atoms with Crippen LogP contribution in [0.15, 0.2) is 52.5 Å². The summed E-state index contributed by atoms with van der Waals surface area (Å²) >= 11 is 15.2. The lowest BCUT2D eigenvalue weighted by molar-refractivity contribution is -0.112. The summed E-state index contributed by atoms with van der Waals surface area (Å²) in [5.41, 5.74) is 1.04. The summed E-state index contributed by atoms with van der Waals surface area (Å²) in [5.74, 6) is -0.553. The van der Waals surface area contributed by atoms with Gasteiger partial charge >= 0.3 is 0 Å². The third kappa shape index (κ3) is 4.11. The van der Waals surface area contributed by atoms with Crippen molar-refractivity contribution in [1.82, 2.24) is 0 Å². The fraction of sp³-hybridized carbons (Fsp3) is 0. The number of carbonyl (C=O) groups is 1. The van der Waals surface area contributed by atoms with E-state index >= 15 is 0 Å². The van der Waals surface area contributed by atoms with Crippen molar-refractivity contribution < 1.29 is 4.79 Å². The van der Waals surface area contributed by atoms with Crippen LogP contribution in [0.5, 0.6) is 0 Å². The maximum Gasteiger partial charge on any atom is 0.266 e. The Kier molecular flexibility index (Phi) is 5.62. The van der Waals surface area contributed by atoms with Crippen molar-refractivity contribution in [2.75, 3.05) is 5.32 Å². The molecule has 0 saturated heterocycles. The predicted octanol–water partition coefficient (Wildman–Crippen LogP) is 5.30. The van der Waals surface area contributed by atoms with Crippen molar-refractivity contribution in [3.63, 3.8) is 0 Å². The number of nitrogens with zero attached hydrogens (tertiary/aromatic N) is 1. The van der Waals surface area contributed by atoms with E-state index < -0.39 is 5.91 Å². The van der Waals surface area contributed by atoms with Crippen LogP contribution in [-0.4, -0.2) is 5.91 Å². The van der Waals surface area contributed by atoms with E-state index in [1.165, 1.54) is 12.1 Å². The molecular formula is C16H9BrCl2N2O. The SMILES string of the molecule is N#CC(=Cc1ccccc1Br)C(=O)Nc1cc(Cl)ccc1Cl. The molecule has 0 radical (unpaired) electrons. The zero-order valence-electron chi connectivity index (χ0n) is 11.1. The van der Waals surface area contributed by atoms with Crippen LogP contribution in [0.4, 0.5) is 5.69 Å². The average molecular weight is 396 g/mol. The molecule has 1 amide bonds. The maximum absolute atomic E-state index is 12.2. The monoisotopic (exact) mass is 394 g/mol. The first-order valence-corrected chi connectivity index (χ1v) is 7.69. The Morgan fingerprint density at radius 3 is 2.64 bits per heavy atom. The summed E-state index contributed by atoms with van der Waals surface area (Å²) < 4.78 is 0.788. The molecule has 6 heteroatoms. The molecule has 1 N–H and O–H groups in total. The van der Waals surface area contributed by atoms with E-state index in [9.17, 15) is 10.1 Å². The minimum atomic E-state index is -0.553. The molecular weight excluding hydrogens is 387 g/mol. The third-order valence-corrected chi connectivity index (χ3v) is 4.03.